The quantitative estimate of drug-likeness (QED) is 0.744. The third-order valence-electron chi connectivity index (χ3n) is 4.22. The first-order chi connectivity index (χ1) is 12.0. The average molecular weight is 352 g/mol. The standard InChI is InChI=1S/C20H20N2O2S/c1-3-17-18(13-4-8-15(23)9-5-13)12-22-20(21)19(17)14-6-10-16(11-7-14)25(2)24/h4-12,23H,3H2,1-2H3,(H2,21,22). The second-order valence-electron chi connectivity index (χ2n) is 5.79. The Kier molecular flexibility index (Phi) is 4.86. The van der Waals surface area contributed by atoms with E-state index in [9.17, 15) is 9.32 Å². The first kappa shape index (κ1) is 17.2. The van der Waals surface area contributed by atoms with Gasteiger partial charge in [0.1, 0.15) is 11.6 Å². The predicted molar refractivity (Wildman–Crippen MR) is 103 cm³/mol. The normalized spacial score (nSPS) is 12.1. The topological polar surface area (TPSA) is 76.2 Å². The molecule has 3 rings (SSSR count). The monoisotopic (exact) mass is 352 g/mol. The van der Waals surface area contributed by atoms with Crippen LogP contribution in [0.5, 0.6) is 5.75 Å². The van der Waals surface area contributed by atoms with Crippen LogP contribution in [0.1, 0.15) is 12.5 Å². The Morgan fingerprint density at radius 1 is 1.04 bits per heavy atom. The maximum Gasteiger partial charge on any atom is 0.131 e. The number of hydrogen-bond acceptors (Lipinski definition) is 4. The zero-order valence-electron chi connectivity index (χ0n) is 14.2. The molecule has 0 radical (unpaired) electrons. The van der Waals surface area contributed by atoms with Gasteiger partial charge in [-0.25, -0.2) is 4.98 Å². The second-order valence-corrected chi connectivity index (χ2v) is 7.17. The lowest BCUT2D eigenvalue weighted by Crippen LogP contribution is -2.01. The van der Waals surface area contributed by atoms with E-state index in [1.807, 2.05) is 36.4 Å². The minimum Gasteiger partial charge on any atom is -0.508 e. The summed E-state index contributed by atoms with van der Waals surface area (Å²) in [5, 5.41) is 9.52. The smallest absolute Gasteiger partial charge is 0.131 e. The Labute approximate surface area is 149 Å². The molecule has 3 N–H and O–H groups in total. The summed E-state index contributed by atoms with van der Waals surface area (Å²) in [5.74, 6) is 0.707. The van der Waals surface area contributed by atoms with Crippen LogP contribution in [0.3, 0.4) is 0 Å². The molecule has 5 heteroatoms. The van der Waals surface area contributed by atoms with Gasteiger partial charge in [-0.05, 0) is 47.4 Å². The maximum absolute atomic E-state index is 11.6. The highest BCUT2D eigenvalue weighted by Crippen LogP contribution is 2.36. The fourth-order valence-corrected chi connectivity index (χ4v) is 3.48. The van der Waals surface area contributed by atoms with E-state index in [0.717, 1.165) is 39.1 Å². The molecule has 1 unspecified atom stereocenters. The second kappa shape index (κ2) is 7.07. The Morgan fingerprint density at radius 2 is 1.64 bits per heavy atom. The van der Waals surface area contributed by atoms with Crippen molar-refractivity contribution in [2.24, 2.45) is 0 Å². The molecule has 0 amide bonds. The average Bonchev–Trinajstić information content (AvgIpc) is 2.62. The van der Waals surface area contributed by atoms with Gasteiger partial charge in [-0.1, -0.05) is 31.2 Å². The molecule has 1 aromatic heterocycles. The molecule has 0 aliphatic rings. The minimum absolute atomic E-state index is 0.230. The van der Waals surface area contributed by atoms with Crippen molar-refractivity contribution in [2.45, 2.75) is 18.2 Å². The van der Waals surface area contributed by atoms with E-state index in [1.54, 1.807) is 24.6 Å². The van der Waals surface area contributed by atoms with E-state index in [2.05, 4.69) is 11.9 Å². The molecule has 0 saturated heterocycles. The highest BCUT2D eigenvalue weighted by Gasteiger charge is 2.15. The van der Waals surface area contributed by atoms with E-state index in [-0.39, 0.29) is 5.75 Å². The summed E-state index contributed by atoms with van der Waals surface area (Å²) in [4.78, 5) is 5.16. The largest absolute Gasteiger partial charge is 0.508 e. The lowest BCUT2D eigenvalue weighted by Gasteiger charge is -2.16. The zero-order chi connectivity index (χ0) is 18.0. The van der Waals surface area contributed by atoms with Gasteiger partial charge in [0.15, 0.2) is 0 Å². The Morgan fingerprint density at radius 3 is 2.20 bits per heavy atom. The SMILES string of the molecule is CCc1c(-c2ccc(O)cc2)cnc(N)c1-c1ccc(S(C)=O)cc1. The van der Waals surface area contributed by atoms with Crippen molar-refractivity contribution in [2.75, 3.05) is 12.0 Å². The number of benzene rings is 2. The Balaban J connectivity index is 2.17. The van der Waals surface area contributed by atoms with Gasteiger partial charge in [0.2, 0.25) is 0 Å². The van der Waals surface area contributed by atoms with Gasteiger partial charge in [0, 0.05) is 39.3 Å². The summed E-state index contributed by atoms with van der Waals surface area (Å²) in [7, 11) is -1.01. The van der Waals surface area contributed by atoms with Crippen molar-refractivity contribution in [3.8, 4) is 28.0 Å². The van der Waals surface area contributed by atoms with Crippen molar-refractivity contribution < 1.29 is 9.32 Å². The van der Waals surface area contributed by atoms with Crippen LogP contribution in [-0.4, -0.2) is 20.6 Å². The van der Waals surface area contributed by atoms with Crippen LogP contribution in [0.2, 0.25) is 0 Å². The van der Waals surface area contributed by atoms with Crippen LogP contribution in [0.4, 0.5) is 5.82 Å². The van der Waals surface area contributed by atoms with E-state index in [0.29, 0.717) is 5.82 Å². The van der Waals surface area contributed by atoms with Crippen molar-refractivity contribution in [1.82, 2.24) is 4.98 Å². The van der Waals surface area contributed by atoms with E-state index >= 15 is 0 Å². The molecular weight excluding hydrogens is 332 g/mol. The highest BCUT2D eigenvalue weighted by atomic mass is 32.2. The molecule has 2 aromatic carbocycles. The van der Waals surface area contributed by atoms with Crippen LogP contribution in [0.15, 0.2) is 59.6 Å². The van der Waals surface area contributed by atoms with Crippen LogP contribution >= 0.6 is 0 Å². The molecule has 0 bridgehead atoms. The number of nitrogen functional groups attached to an aromatic ring is 1. The summed E-state index contributed by atoms with van der Waals surface area (Å²) in [5.41, 5.74) is 11.1. The number of hydrogen-bond donors (Lipinski definition) is 2. The van der Waals surface area contributed by atoms with E-state index in [1.165, 1.54) is 0 Å². The van der Waals surface area contributed by atoms with E-state index < -0.39 is 10.8 Å². The number of rotatable bonds is 4. The van der Waals surface area contributed by atoms with Crippen LogP contribution < -0.4 is 5.73 Å². The number of pyridine rings is 1. The molecule has 3 aromatic rings. The van der Waals surface area contributed by atoms with Crippen LogP contribution in [-0.2, 0) is 17.2 Å². The minimum atomic E-state index is -1.01. The lowest BCUT2D eigenvalue weighted by atomic mass is 9.92. The molecule has 0 spiro atoms. The lowest BCUT2D eigenvalue weighted by molar-refractivity contribution is 0.475. The summed E-state index contributed by atoms with van der Waals surface area (Å²) in [6, 6.07) is 14.7. The van der Waals surface area contributed by atoms with Gasteiger partial charge in [-0.2, -0.15) is 0 Å². The molecular formula is C20H20N2O2S. The number of nitrogens with two attached hydrogens (primary N) is 1. The molecule has 128 valence electrons. The fraction of sp³-hybridized carbons (Fsp3) is 0.150. The summed E-state index contributed by atoms with van der Waals surface area (Å²) >= 11 is 0. The number of aromatic hydroxyl groups is 1. The number of aromatic nitrogens is 1. The maximum atomic E-state index is 11.6. The van der Waals surface area contributed by atoms with Crippen LogP contribution in [0.25, 0.3) is 22.3 Å². The van der Waals surface area contributed by atoms with Gasteiger partial charge in [0.25, 0.3) is 0 Å². The molecule has 0 aliphatic carbocycles. The molecule has 4 nitrogen and oxygen atoms in total. The number of nitrogens with zero attached hydrogens (tertiary/aromatic N) is 1. The predicted octanol–water partition coefficient (Wildman–Crippen LogP) is 4.00. The third kappa shape index (κ3) is 3.42. The molecule has 0 aliphatic heterocycles. The van der Waals surface area contributed by atoms with Gasteiger partial charge >= 0.3 is 0 Å². The van der Waals surface area contributed by atoms with Crippen molar-refractivity contribution in [3.05, 3.63) is 60.3 Å². The molecule has 1 heterocycles. The van der Waals surface area contributed by atoms with Gasteiger partial charge in [-0.3, -0.25) is 4.21 Å². The Hall–Kier alpha value is -2.66. The van der Waals surface area contributed by atoms with Gasteiger partial charge in [0.05, 0.1) is 0 Å². The number of phenolic OH excluding ortho intramolecular Hbond substituents is 1. The van der Waals surface area contributed by atoms with Gasteiger partial charge < -0.3 is 10.8 Å². The Bertz CT molecular complexity index is 920. The van der Waals surface area contributed by atoms with Crippen molar-refractivity contribution in [1.29, 1.82) is 0 Å². The summed E-state index contributed by atoms with van der Waals surface area (Å²) < 4.78 is 11.6. The van der Waals surface area contributed by atoms with Crippen molar-refractivity contribution >= 4 is 16.6 Å². The molecule has 25 heavy (non-hydrogen) atoms. The molecule has 0 fully saturated rings. The number of phenols is 1. The summed E-state index contributed by atoms with van der Waals surface area (Å²) in [6.07, 6.45) is 4.23. The summed E-state index contributed by atoms with van der Waals surface area (Å²) in [6.45, 7) is 2.08. The van der Waals surface area contributed by atoms with Crippen molar-refractivity contribution in [3.63, 3.8) is 0 Å². The van der Waals surface area contributed by atoms with Gasteiger partial charge in [-0.15, -0.1) is 0 Å². The third-order valence-corrected chi connectivity index (χ3v) is 5.16. The van der Waals surface area contributed by atoms with Crippen LogP contribution in [0, 0.1) is 0 Å². The fourth-order valence-electron chi connectivity index (χ4n) is 2.96. The number of anilines is 1. The zero-order valence-corrected chi connectivity index (χ0v) is 15.0. The molecule has 0 saturated carbocycles. The first-order valence-electron chi connectivity index (χ1n) is 8.02. The highest BCUT2D eigenvalue weighted by molar-refractivity contribution is 7.84. The van der Waals surface area contributed by atoms with E-state index in [4.69, 9.17) is 5.73 Å². The molecule has 1 atom stereocenters. The first-order valence-corrected chi connectivity index (χ1v) is 9.57.